The Morgan fingerprint density at radius 3 is 2.61 bits per heavy atom. The summed E-state index contributed by atoms with van der Waals surface area (Å²) in [6.07, 6.45) is 12.3. The number of nitrogens with zero attached hydrogens (tertiary/aromatic N) is 6. The van der Waals surface area contributed by atoms with Gasteiger partial charge in [0.05, 0.1) is 23.0 Å². The molecule has 3 aromatic rings. The molecule has 226 valence electrons. The van der Waals surface area contributed by atoms with Crippen molar-refractivity contribution >= 4 is 28.6 Å². The number of rotatable bonds is 8. The number of carbonyl (C=O) groups excluding carboxylic acids is 1. The molecule has 1 aliphatic carbocycles. The normalized spacial score (nSPS) is 22.4. The van der Waals surface area contributed by atoms with E-state index in [1.165, 1.54) is 32.2 Å². The minimum Gasteiger partial charge on any atom is -0.360 e. The van der Waals surface area contributed by atoms with E-state index in [2.05, 4.69) is 41.8 Å². The molecule has 0 N–H and O–H groups in total. The molecule has 3 aromatic heterocycles. The van der Waals surface area contributed by atoms with Crippen molar-refractivity contribution in [3.63, 3.8) is 0 Å². The molecule has 0 saturated carbocycles. The number of fused-ring (bicyclic) bond motifs is 3. The van der Waals surface area contributed by atoms with Crippen LogP contribution < -0.4 is 0 Å². The topological polar surface area (TPSA) is 89.9 Å². The van der Waals surface area contributed by atoms with E-state index in [1.54, 1.807) is 11.8 Å². The number of ketones is 1. The van der Waals surface area contributed by atoms with E-state index in [9.17, 15) is 4.79 Å². The lowest BCUT2D eigenvalue weighted by atomic mass is 9.83. The van der Waals surface area contributed by atoms with Crippen LogP contribution in [-0.2, 0) is 11.2 Å². The van der Waals surface area contributed by atoms with Gasteiger partial charge < -0.3 is 4.52 Å². The van der Waals surface area contributed by atoms with Gasteiger partial charge in [-0.25, -0.2) is 14.6 Å². The van der Waals surface area contributed by atoms with Gasteiger partial charge in [0.2, 0.25) is 0 Å². The molecule has 0 amide bonds. The number of aryl methyl sites for hydroxylation is 1. The van der Waals surface area contributed by atoms with Gasteiger partial charge in [0.15, 0.2) is 22.9 Å². The molecule has 2 saturated heterocycles. The molecule has 2 aliphatic heterocycles. The highest BCUT2D eigenvalue weighted by Crippen LogP contribution is 2.41. The van der Waals surface area contributed by atoms with E-state index in [0.29, 0.717) is 24.0 Å². The van der Waals surface area contributed by atoms with Crippen molar-refractivity contribution in [2.45, 2.75) is 142 Å². The summed E-state index contributed by atoms with van der Waals surface area (Å²) in [5, 5.41) is 11.4. The lowest BCUT2D eigenvalue weighted by molar-refractivity contribution is -0.121. The number of aromatic nitrogens is 5. The zero-order chi connectivity index (χ0) is 29.7. The minimum absolute atomic E-state index is 0.191. The molecule has 5 heterocycles. The van der Waals surface area contributed by atoms with Crippen LogP contribution in [0.1, 0.15) is 128 Å². The van der Waals surface area contributed by atoms with Gasteiger partial charge in [-0.15, -0.1) is 11.8 Å². The Labute approximate surface area is 250 Å². The summed E-state index contributed by atoms with van der Waals surface area (Å²) in [6.45, 7) is 15.7. The standard InChI is InChI=1S/C28H38N6O2S.2C2H6/c1-5-6-12-22(35)19-10-7-11-20-24(32-36-25(19)20)26-29-27-23(28(30-26)37-4)16(2)31-34(27)17(3)21-14-13-18-9-8-15-33(18)21;2*1-2/h17-19,21H,5-15H2,1-4H3;2*1-2H3/t17-,18?,19+,21-;;/m0../s1. The minimum atomic E-state index is -0.191. The van der Waals surface area contributed by atoms with E-state index in [1.807, 2.05) is 27.7 Å². The van der Waals surface area contributed by atoms with Gasteiger partial charge >= 0.3 is 0 Å². The molecule has 0 spiro atoms. The summed E-state index contributed by atoms with van der Waals surface area (Å²) < 4.78 is 8.01. The van der Waals surface area contributed by atoms with Crippen LogP contribution in [0.5, 0.6) is 0 Å². The summed E-state index contributed by atoms with van der Waals surface area (Å²) in [5.41, 5.74) is 3.56. The molecule has 2 fully saturated rings. The van der Waals surface area contributed by atoms with Crippen LogP contribution in [0.25, 0.3) is 22.6 Å². The van der Waals surface area contributed by atoms with Crippen molar-refractivity contribution in [2.75, 3.05) is 12.8 Å². The first-order chi connectivity index (χ1) is 20.0. The third-order valence-electron chi connectivity index (χ3n) is 8.91. The fourth-order valence-corrected chi connectivity index (χ4v) is 7.60. The van der Waals surface area contributed by atoms with E-state index >= 15 is 0 Å². The Balaban J connectivity index is 0.000000929. The van der Waals surface area contributed by atoms with E-state index in [4.69, 9.17) is 19.6 Å². The van der Waals surface area contributed by atoms with Crippen LogP contribution in [-0.4, -0.2) is 60.5 Å². The zero-order valence-corrected chi connectivity index (χ0v) is 27.3. The van der Waals surface area contributed by atoms with Crippen LogP contribution in [0.4, 0.5) is 0 Å². The molecule has 3 aliphatic rings. The highest BCUT2D eigenvalue weighted by atomic mass is 32.2. The molecule has 1 unspecified atom stereocenters. The fourth-order valence-electron chi connectivity index (χ4n) is 6.98. The Kier molecular flexibility index (Phi) is 11.0. The molecule has 0 radical (unpaired) electrons. The first kappa shape index (κ1) is 31.7. The molecular formula is C32H50N6O2S. The summed E-state index contributed by atoms with van der Waals surface area (Å²) >= 11 is 1.62. The number of carbonyl (C=O) groups is 1. The predicted octanol–water partition coefficient (Wildman–Crippen LogP) is 7.93. The predicted molar refractivity (Wildman–Crippen MR) is 168 cm³/mol. The first-order valence-electron chi connectivity index (χ1n) is 16.1. The highest BCUT2D eigenvalue weighted by molar-refractivity contribution is 7.98. The third-order valence-corrected chi connectivity index (χ3v) is 9.59. The SMILES string of the molecule is CC.CC.CCCCC(=O)[C@H]1CCCc2c(-c3nc(SC)c4c(C)nn([C@@H](C)[C@@H]5CCC6CCCN65)c4n3)noc21. The van der Waals surface area contributed by atoms with Gasteiger partial charge in [-0.2, -0.15) is 5.10 Å². The summed E-state index contributed by atoms with van der Waals surface area (Å²) in [5.74, 6) is 1.40. The van der Waals surface area contributed by atoms with Crippen molar-refractivity contribution in [1.29, 1.82) is 0 Å². The molecule has 8 nitrogen and oxygen atoms in total. The van der Waals surface area contributed by atoms with Gasteiger partial charge in [0.1, 0.15) is 10.8 Å². The number of unbranched alkanes of at least 4 members (excludes halogenated alkanes) is 1. The maximum absolute atomic E-state index is 12.9. The maximum Gasteiger partial charge on any atom is 0.185 e. The van der Waals surface area contributed by atoms with Gasteiger partial charge in [0.25, 0.3) is 0 Å². The first-order valence-corrected chi connectivity index (χ1v) is 17.3. The molecular weight excluding hydrogens is 532 g/mol. The quantitative estimate of drug-likeness (QED) is 0.195. The number of hydrogen-bond acceptors (Lipinski definition) is 8. The van der Waals surface area contributed by atoms with Crippen LogP contribution in [0.2, 0.25) is 0 Å². The smallest absolute Gasteiger partial charge is 0.185 e. The molecule has 0 bridgehead atoms. The van der Waals surface area contributed by atoms with E-state index < -0.39 is 0 Å². The zero-order valence-electron chi connectivity index (χ0n) is 26.5. The fraction of sp³-hybridized carbons (Fsp3) is 0.719. The molecule has 0 aromatic carbocycles. The molecule has 4 atom stereocenters. The Morgan fingerprint density at radius 1 is 1.10 bits per heavy atom. The largest absolute Gasteiger partial charge is 0.360 e. The maximum atomic E-state index is 12.9. The Morgan fingerprint density at radius 2 is 1.88 bits per heavy atom. The van der Waals surface area contributed by atoms with Crippen molar-refractivity contribution in [3.05, 3.63) is 17.0 Å². The van der Waals surface area contributed by atoms with Gasteiger partial charge in [-0.1, -0.05) is 46.2 Å². The number of hydrogen-bond donors (Lipinski definition) is 0. The second-order valence-electron chi connectivity index (χ2n) is 11.1. The van der Waals surface area contributed by atoms with Crippen LogP contribution in [0, 0.1) is 6.92 Å². The Bertz CT molecular complexity index is 1320. The summed E-state index contributed by atoms with van der Waals surface area (Å²) in [4.78, 5) is 25.7. The highest BCUT2D eigenvalue weighted by Gasteiger charge is 2.40. The summed E-state index contributed by atoms with van der Waals surface area (Å²) in [7, 11) is 0. The van der Waals surface area contributed by atoms with Crippen LogP contribution in [0.15, 0.2) is 9.55 Å². The van der Waals surface area contributed by atoms with Gasteiger partial charge in [0, 0.05) is 24.1 Å². The van der Waals surface area contributed by atoms with Gasteiger partial charge in [-0.3, -0.25) is 9.69 Å². The van der Waals surface area contributed by atoms with Crippen LogP contribution in [0.3, 0.4) is 0 Å². The average Bonchev–Trinajstić information content (AvgIpc) is 3.80. The van der Waals surface area contributed by atoms with Crippen molar-refractivity contribution in [1.82, 2.24) is 29.8 Å². The monoisotopic (exact) mass is 582 g/mol. The van der Waals surface area contributed by atoms with E-state index in [-0.39, 0.29) is 17.7 Å². The summed E-state index contributed by atoms with van der Waals surface area (Å²) in [6, 6.07) is 1.45. The van der Waals surface area contributed by atoms with Crippen LogP contribution >= 0.6 is 11.8 Å². The molecule has 41 heavy (non-hydrogen) atoms. The molecule has 6 rings (SSSR count). The lowest BCUT2D eigenvalue weighted by Crippen LogP contribution is -2.37. The van der Waals surface area contributed by atoms with E-state index in [0.717, 1.165) is 71.2 Å². The Hall–Kier alpha value is -2.26. The number of thioether (sulfide) groups is 1. The van der Waals surface area contributed by atoms with Crippen molar-refractivity contribution in [2.24, 2.45) is 0 Å². The average molecular weight is 583 g/mol. The second kappa shape index (κ2) is 14.3. The third kappa shape index (κ3) is 5.99. The van der Waals surface area contributed by atoms with Crippen molar-refractivity contribution in [3.8, 4) is 11.5 Å². The second-order valence-corrected chi connectivity index (χ2v) is 11.9. The number of Topliss-reactive ketones (excluding diaryl/α,β-unsaturated/α-hetero) is 1. The molecule has 9 heteroatoms. The lowest BCUT2D eigenvalue weighted by Gasteiger charge is -2.29. The van der Waals surface area contributed by atoms with Gasteiger partial charge in [-0.05, 0) is 78.0 Å². The van der Waals surface area contributed by atoms with Crippen molar-refractivity contribution < 1.29 is 9.32 Å².